The molecule has 0 fully saturated rings. The number of halogens is 2. The molecule has 0 saturated carbocycles. The minimum absolute atomic E-state index is 0. The molecular formula is C48H40Cl2N4SiZr. The average Bonchev–Trinajstić information content (AvgIpc) is 3.98. The summed E-state index contributed by atoms with van der Waals surface area (Å²) in [5.41, 5.74) is 17.9. The van der Waals surface area contributed by atoms with E-state index in [9.17, 15) is 0 Å². The van der Waals surface area contributed by atoms with Crippen LogP contribution in [0.15, 0.2) is 157 Å². The van der Waals surface area contributed by atoms with E-state index in [1.807, 2.05) is 12.4 Å². The molecule has 0 amide bonds. The van der Waals surface area contributed by atoms with Crippen LogP contribution >= 0.6 is 0 Å². The molecule has 10 rings (SSSR count). The molecule has 6 aromatic carbocycles. The molecule has 0 N–H and O–H groups in total. The molecule has 2 aliphatic carbocycles. The second-order valence-electron chi connectivity index (χ2n) is 15.1. The quantitative estimate of drug-likeness (QED) is 0.187. The van der Waals surface area contributed by atoms with Crippen molar-refractivity contribution in [2.75, 3.05) is 0 Å². The summed E-state index contributed by atoms with van der Waals surface area (Å²) in [5.74, 6) is 0. The van der Waals surface area contributed by atoms with E-state index in [0.29, 0.717) is 7.25 Å². The van der Waals surface area contributed by atoms with Crippen LogP contribution in [0.1, 0.15) is 43.4 Å². The van der Waals surface area contributed by atoms with Crippen molar-refractivity contribution in [1.82, 2.24) is 19.6 Å². The maximum atomic E-state index is 4.97. The Hall–Kier alpha value is -4.58. The summed E-state index contributed by atoms with van der Waals surface area (Å²) in [6, 6.07) is 48.8. The zero-order valence-electron chi connectivity index (χ0n) is 31.7. The van der Waals surface area contributed by atoms with Crippen LogP contribution in [0.3, 0.4) is 0 Å². The minimum Gasteiger partial charge on any atom is -1.00 e. The first-order valence-electron chi connectivity index (χ1n) is 18.8. The topological polar surface area (TPSA) is 35.6 Å². The molecule has 8 aromatic rings. The first kappa shape index (κ1) is 38.3. The molecule has 0 radical (unpaired) electrons. The fraction of sp³-hybridized carbons (Fsp3) is 0.125. The van der Waals surface area contributed by atoms with E-state index in [2.05, 4.69) is 182 Å². The standard InChI is InChI=1S/2C23H17N2.C2H6Si.2ClH.Zr/c2*1-16-11-19-13-20(25-23-10-6-5-9-18(23)15-24-25)14-22(21(19)12-16)17-7-3-2-4-8-17;1-3-2;;;/h2*2-15H,1H3;1-2H3;2*1H;/q;;;;;+2/p-2. The zero-order chi connectivity index (χ0) is 36.5. The molecule has 0 spiro atoms. The number of para-hydroxylation sites is 2. The molecule has 4 nitrogen and oxygen atoms in total. The third-order valence-corrected chi connectivity index (χ3v) is 31.4. The summed E-state index contributed by atoms with van der Waals surface area (Å²) in [4.78, 5) is 0. The van der Waals surface area contributed by atoms with Crippen LogP contribution < -0.4 is 24.8 Å². The first-order chi connectivity index (χ1) is 26.4. The molecule has 56 heavy (non-hydrogen) atoms. The van der Waals surface area contributed by atoms with Crippen molar-refractivity contribution in [3.8, 4) is 33.6 Å². The Balaban J connectivity index is 0.00000220. The predicted molar refractivity (Wildman–Crippen MR) is 223 cm³/mol. The molecule has 2 heterocycles. The number of rotatable bonds is 6. The van der Waals surface area contributed by atoms with E-state index in [-0.39, 0.29) is 24.8 Å². The molecule has 0 aliphatic heterocycles. The third kappa shape index (κ3) is 6.32. The molecule has 0 saturated heterocycles. The monoisotopic (exact) mass is 860 g/mol. The van der Waals surface area contributed by atoms with Gasteiger partial charge >= 0.3 is 326 Å². The zero-order valence-corrected chi connectivity index (χ0v) is 36.7. The van der Waals surface area contributed by atoms with Gasteiger partial charge in [-0.2, -0.15) is 0 Å². The Labute approximate surface area is 348 Å². The van der Waals surface area contributed by atoms with Crippen molar-refractivity contribution in [2.45, 2.75) is 34.2 Å². The molecule has 0 unspecified atom stereocenters. The largest absolute Gasteiger partial charge is 1.00 e. The van der Waals surface area contributed by atoms with Gasteiger partial charge in [-0.15, -0.1) is 0 Å². The minimum atomic E-state index is -2.47. The number of aromatic nitrogens is 4. The van der Waals surface area contributed by atoms with Gasteiger partial charge in [-0.3, -0.25) is 0 Å². The van der Waals surface area contributed by atoms with Crippen LogP contribution in [0.25, 0.3) is 67.6 Å². The van der Waals surface area contributed by atoms with Gasteiger partial charge in [0.2, 0.25) is 0 Å². The van der Waals surface area contributed by atoms with Crippen LogP contribution in [0, 0.1) is 0 Å². The summed E-state index contributed by atoms with van der Waals surface area (Å²) < 4.78 is 5.23. The molecule has 8 heteroatoms. The average molecular weight is 863 g/mol. The van der Waals surface area contributed by atoms with E-state index in [1.54, 1.807) is 0 Å². The van der Waals surface area contributed by atoms with Crippen LogP contribution in [-0.2, 0) is 20.4 Å². The van der Waals surface area contributed by atoms with Gasteiger partial charge in [0.25, 0.3) is 0 Å². The second-order valence-corrected chi connectivity index (χ2v) is 32.9. The molecule has 274 valence electrons. The van der Waals surface area contributed by atoms with E-state index in [0.717, 1.165) is 33.2 Å². The van der Waals surface area contributed by atoms with Gasteiger partial charge in [-0.25, -0.2) is 0 Å². The maximum absolute atomic E-state index is 4.97. The number of allylic oxidation sites excluding steroid dienone is 2. The summed E-state index contributed by atoms with van der Waals surface area (Å²) in [5, 5.41) is 12.3. The predicted octanol–water partition coefficient (Wildman–Crippen LogP) is 6.19. The van der Waals surface area contributed by atoms with Crippen molar-refractivity contribution >= 4 is 39.4 Å². The van der Waals surface area contributed by atoms with Crippen molar-refractivity contribution in [2.24, 2.45) is 0 Å². The van der Waals surface area contributed by atoms with Gasteiger partial charge in [0.15, 0.2) is 0 Å². The smallest absolute Gasteiger partial charge is 1.00 e. The molecule has 0 bridgehead atoms. The van der Waals surface area contributed by atoms with Gasteiger partial charge in [0.1, 0.15) is 0 Å². The number of hydrogen-bond donors (Lipinski definition) is 0. The van der Waals surface area contributed by atoms with E-state index < -0.39 is 25.8 Å². The number of hydrogen-bond acceptors (Lipinski definition) is 2. The third-order valence-electron chi connectivity index (χ3n) is 11.5. The Morgan fingerprint density at radius 1 is 0.518 bits per heavy atom. The number of nitrogens with zero attached hydrogens (tertiary/aromatic N) is 4. The normalized spacial score (nSPS) is 15.3. The van der Waals surface area contributed by atoms with E-state index >= 15 is 0 Å². The molecule has 2 aliphatic rings. The first-order valence-corrected chi connectivity index (χ1v) is 27.8. The summed E-state index contributed by atoms with van der Waals surface area (Å²) in [6.07, 6.45) is 9.07. The summed E-state index contributed by atoms with van der Waals surface area (Å²) in [6.45, 7) is 10.1. The van der Waals surface area contributed by atoms with Crippen LogP contribution in [0.4, 0.5) is 0 Å². The number of benzene rings is 6. The summed E-state index contributed by atoms with van der Waals surface area (Å²) in [7, 11) is 0. The van der Waals surface area contributed by atoms with Gasteiger partial charge < -0.3 is 24.8 Å². The van der Waals surface area contributed by atoms with Crippen LogP contribution in [0.5, 0.6) is 0 Å². The summed E-state index contributed by atoms with van der Waals surface area (Å²) >= 11 is -2.47. The van der Waals surface area contributed by atoms with Crippen molar-refractivity contribution in [3.05, 3.63) is 179 Å². The molecule has 2 atom stereocenters. The Morgan fingerprint density at radius 3 is 1.32 bits per heavy atom. The second kappa shape index (κ2) is 15.4. The van der Waals surface area contributed by atoms with Gasteiger partial charge in [0.05, 0.1) is 0 Å². The molecular weight excluding hydrogens is 823 g/mol. The van der Waals surface area contributed by atoms with Crippen molar-refractivity contribution in [1.29, 1.82) is 0 Å². The number of fused-ring (bicyclic) bond motifs is 4. The van der Waals surface area contributed by atoms with Crippen LogP contribution in [0.2, 0.25) is 13.1 Å². The van der Waals surface area contributed by atoms with Crippen molar-refractivity contribution in [3.63, 3.8) is 0 Å². The fourth-order valence-corrected chi connectivity index (χ4v) is 29.8. The van der Waals surface area contributed by atoms with E-state index in [4.69, 9.17) is 10.2 Å². The fourth-order valence-electron chi connectivity index (χ4n) is 9.11. The maximum Gasteiger partial charge on any atom is -1.00 e. The van der Waals surface area contributed by atoms with Gasteiger partial charge in [-0.05, 0) is 0 Å². The Morgan fingerprint density at radius 2 is 0.911 bits per heavy atom. The Kier molecular flexibility index (Phi) is 10.5. The van der Waals surface area contributed by atoms with E-state index in [1.165, 1.54) is 55.7 Å². The van der Waals surface area contributed by atoms with Gasteiger partial charge in [-0.1, -0.05) is 0 Å². The molecule has 2 aromatic heterocycles. The van der Waals surface area contributed by atoms with Crippen molar-refractivity contribution < 1.29 is 45.2 Å². The SMILES string of the molecule is CC1=Cc2c(-c3ccccc3)cc(-n3ncc4ccccc43)cc2[C@@H]1[Zr+2]([C@H]1C(C)=Cc2c(-c3ccccc3)cc(-n3ncc4ccccc43)cc21)=[Si](C)C.[Cl-].[Cl-]. The van der Waals surface area contributed by atoms with Crippen LogP contribution in [-0.4, -0.2) is 25.0 Å². The van der Waals surface area contributed by atoms with Gasteiger partial charge in [0, 0.05) is 0 Å². The Bertz CT molecular complexity index is 2700.